The molecule has 0 spiro atoms. The third-order valence-electron chi connectivity index (χ3n) is 2.88. The quantitative estimate of drug-likeness (QED) is 0.631. The maximum atomic E-state index is 9.88. The number of rotatable bonds is 0. The van der Waals surface area contributed by atoms with Gasteiger partial charge in [-0.3, -0.25) is 0 Å². The zero-order valence-electron chi connectivity index (χ0n) is 8.15. The molecule has 1 aromatic rings. The number of phenols is 1. The van der Waals surface area contributed by atoms with Gasteiger partial charge >= 0.3 is 0 Å². The van der Waals surface area contributed by atoms with Crippen LogP contribution in [0.25, 0.3) is 0 Å². The zero-order valence-corrected chi connectivity index (χ0v) is 8.15. The molecule has 0 radical (unpaired) electrons. The van der Waals surface area contributed by atoms with Gasteiger partial charge in [-0.15, -0.1) is 0 Å². The van der Waals surface area contributed by atoms with Crippen LogP contribution in [0.2, 0.25) is 0 Å². The lowest BCUT2D eigenvalue weighted by molar-refractivity contribution is 0.454. The van der Waals surface area contributed by atoms with Crippen molar-refractivity contribution in [3.05, 3.63) is 28.3 Å². The summed E-state index contributed by atoms with van der Waals surface area (Å²) in [5.74, 6) is 0.488. The van der Waals surface area contributed by atoms with E-state index in [0.29, 0.717) is 5.75 Å². The topological polar surface area (TPSA) is 32.3 Å². The summed E-state index contributed by atoms with van der Waals surface area (Å²) in [5, 5.41) is 13.2. The van der Waals surface area contributed by atoms with E-state index in [1.165, 1.54) is 11.1 Å². The van der Waals surface area contributed by atoms with E-state index in [9.17, 15) is 5.11 Å². The summed E-state index contributed by atoms with van der Waals surface area (Å²) < 4.78 is 0. The number of phenolic OH excluding ortho intramolecular Hbond substituents is 1. The maximum Gasteiger partial charge on any atom is 0.123 e. The van der Waals surface area contributed by atoms with E-state index in [2.05, 4.69) is 18.3 Å². The van der Waals surface area contributed by atoms with Crippen LogP contribution in [0.3, 0.4) is 0 Å². The first-order valence-corrected chi connectivity index (χ1v) is 4.72. The highest BCUT2D eigenvalue weighted by molar-refractivity contribution is 5.49. The minimum absolute atomic E-state index is 0.488. The van der Waals surface area contributed by atoms with Crippen LogP contribution in [0.4, 0.5) is 0 Å². The summed E-state index contributed by atoms with van der Waals surface area (Å²) in [6.45, 7) is 5.86. The van der Waals surface area contributed by atoms with Crippen LogP contribution in [0.1, 0.15) is 22.3 Å². The van der Waals surface area contributed by atoms with Crippen molar-refractivity contribution in [2.45, 2.75) is 26.8 Å². The molecule has 1 aliphatic heterocycles. The van der Waals surface area contributed by atoms with Gasteiger partial charge in [-0.25, -0.2) is 0 Å². The highest BCUT2D eigenvalue weighted by Crippen LogP contribution is 2.30. The van der Waals surface area contributed by atoms with Gasteiger partial charge in [0.2, 0.25) is 0 Å². The Morgan fingerprint density at radius 2 is 2.15 bits per heavy atom. The molecule has 70 valence electrons. The van der Waals surface area contributed by atoms with Gasteiger partial charge < -0.3 is 10.4 Å². The number of aryl methyl sites for hydroxylation is 1. The van der Waals surface area contributed by atoms with Gasteiger partial charge in [0.05, 0.1) is 0 Å². The Labute approximate surface area is 78.6 Å². The van der Waals surface area contributed by atoms with Gasteiger partial charge in [0, 0.05) is 12.1 Å². The largest absolute Gasteiger partial charge is 0.507 e. The lowest BCUT2D eigenvalue weighted by Crippen LogP contribution is -2.24. The van der Waals surface area contributed by atoms with Crippen LogP contribution in [0, 0.1) is 13.8 Å². The zero-order chi connectivity index (χ0) is 9.42. The summed E-state index contributed by atoms with van der Waals surface area (Å²) >= 11 is 0. The third-order valence-corrected chi connectivity index (χ3v) is 2.88. The van der Waals surface area contributed by atoms with Crippen molar-refractivity contribution in [1.29, 1.82) is 0 Å². The number of aromatic hydroxyl groups is 1. The summed E-state index contributed by atoms with van der Waals surface area (Å²) in [4.78, 5) is 0. The predicted molar refractivity (Wildman–Crippen MR) is 53.0 cm³/mol. The van der Waals surface area contributed by atoms with Crippen molar-refractivity contribution in [2.24, 2.45) is 0 Å². The molecule has 1 heterocycles. The van der Waals surface area contributed by atoms with E-state index < -0.39 is 0 Å². The van der Waals surface area contributed by atoms with Crippen LogP contribution in [0.15, 0.2) is 6.07 Å². The van der Waals surface area contributed by atoms with E-state index in [1.54, 1.807) is 0 Å². The second-order valence-electron chi connectivity index (χ2n) is 3.73. The van der Waals surface area contributed by atoms with Gasteiger partial charge in [0.15, 0.2) is 0 Å². The molecular formula is C11H15NO. The van der Waals surface area contributed by atoms with E-state index in [4.69, 9.17) is 0 Å². The normalized spacial score (nSPS) is 15.5. The van der Waals surface area contributed by atoms with Crippen molar-refractivity contribution >= 4 is 0 Å². The second kappa shape index (κ2) is 3.04. The Kier molecular flexibility index (Phi) is 2.00. The van der Waals surface area contributed by atoms with E-state index in [-0.39, 0.29) is 0 Å². The molecule has 2 heteroatoms. The molecule has 0 fully saturated rings. The molecule has 1 aliphatic rings. The van der Waals surface area contributed by atoms with Crippen molar-refractivity contribution in [2.75, 3.05) is 6.54 Å². The fraction of sp³-hybridized carbons (Fsp3) is 0.455. The Morgan fingerprint density at radius 3 is 2.92 bits per heavy atom. The SMILES string of the molecule is Cc1cc2c(c(O)c1C)CNCC2. The van der Waals surface area contributed by atoms with Crippen LogP contribution in [0.5, 0.6) is 5.75 Å². The number of nitrogens with one attached hydrogen (secondary N) is 1. The Morgan fingerprint density at radius 1 is 1.38 bits per heavy atom. The van der Waals surface area contributed by atoms with Gasteiger partial charge in [-0.1, -0.05) is 6.07 Å². The average Bonchev–Trinajstić information content (AvgIpc) is 2.15. The molecule has 0 saturated heterocycles. The molecule has 0 atom stereocenters. The van der Waals surface area contributed by atoms with E-state index in [0.717, 1.165) is 30.6 Å². The van der Waals surface area contributed by atoms with Crippen molar-refractivity contribution in [1.82, 2.24) is 5.32 Å². The lowest BCUT2D eigenvalue weighted by atomic mass is 9.94. The fourth-order valence-corrected chi connectivity index (χ4v) is 1.88. The predicted octanol–water partition coefficient (Wildman–Crippen LogP) is 1.65. The smallest absolute Gasteiger partial charge is 0.123 e. The highest BCUT2D eigenvalue weighted by Gasteiger charge is 2.15. The first kappa shape index (κ1) is 8.57. The molecule has 0 saturated carbocycles. The number of benzene rings is 1. The van der Waals surface area contributed by atoms with Crippen LogP contribution < -0.4 is 5.32 Å². The molecule has 0 bridgehead atoms. The molecule has 0 aromatic heterocycles. The molecule has 0 aliphatic carbocycles. The fourth-order valence-electron chi connectivity index (χ4n) is 1.88. The van der Waals surface area contributed by atoms with Gasteiger partial charge in [0.1, 0.15) is 5.75 Å². The maximum absolute atomic E-state index is 9.88. The number of fused-ring (bicyclic) bond motifs is 1. The summed E-state index contributed by atoms with van der Waals surface area (Å²) in [5.41, 5.74) is 4.61. The van der Waals surface area contributed by atoms with Gasteiger partial charge in [-0.05, 0) is 43.5 Å². The highest BCUT2D eigenvalue weighted by atomic mass is 16.3. The number of hydrogen-bond donors (Lipinski definition) is 2. The van der Waals surface area contributed by atoms with Crippen LogP contribution in [-0.4, -0.2) is 11.7 Å². The van der Waals surface area contributed by atoms with Crippen molar-refractivity contribution in [3.63, 3.8) is 0 Å². The molecule has 0 unspecified atom stereocenters. The summed E-state index contributed by atoms with van der Waals surface area (Å²) in [6.07, 6.45) is 1.03. The van der Waals surface area contributed by atoms with E-state index in [1.807, 2.05) is 6.92 Å². The van der Waals surface area contributed by atoms with Gasteiger partial charge in [-0.2, -0.15) is 0 Å². The van der Waals surface area contributed by atoms with E-state index >= 15 is 0 Å². The molecule has 13 heavy (non-hydrogen) atoms. The second-order valence-corrected chi connectivity index (χ2v) is 3.73. The number of hydrogen-bond acceptors (Lipinski definition) is 2. The summed E-state index contributed by atoms with van der Waals surface area (Å²) in [6, 6.07) is 2.20. The Bertz CT molecular complexity index is 344. The minimum Gasteiger partial charge on any atom is -0.507 e. The van der Waals surface area contributed by atoms with Crippen LogP contribution in [-0.2, 0) is 13.0 Å². The van der Waals surface area contributed by atoms with Crippen LogP contribution >= 0.6 is 0 Å². The van der Waals surface area contributed by atoms with Crippen molar-refractivity contribution < 1.29 is 5.11 Å². The Hall–Kier alpha value is -1.02. The molecule has 0 amide bonds. The molecular weight excluding hydrogens is 162 g/mol. The Balaban J connectivity index is 2.60. The molecule has 2 rings (SSSR count). The van der Waals surface area contributed by atoms with Crippen molar-refractivity contribution in [3.8, 4) is 5.75 Å². The van der Waals surface area contributed by atoms with Gasteiger partial charge in [0.25, 0.3) is 0 Å². The lowest BCUT2D eigenvalue weighted by Gasteiger charge is -2.20. The minimum atomic E-state index is 0.488. The first-order valence-electron chi connectivity index (χ1n) is 4.72. The monoisotopic (exact) mass is 177 g/mol. The molecule has 2 N–H and O–H groups in total. The molecule has 1 aromatic carbocycles. The summed E-state index contributed by atoms with van der Waals surface area (Å²) in [7, 11) is 0. The standard InChI is InChI=1S/C11H15NO/c1-7-5-9-3-4-12-6-10(9)11(13)8(7)2/h5,12-13H,3-4,6H2,1-2H3. The average molecular weight is 177 g/mol. The first-order chi connectivity index (χ1) is 6.20. The third kappa shape index (κ3) is 1.31. The molecule has 2 nitrogen and oxygen atoms in total.